The predicted molar refractivity (Wildman–Crippen MR) is 90.7 cm³/mol. The van der Waals surface area contributed by atoms with Gasteiger partial charge in [-0.25, -0.2) is 0 Å². The minimum atomic E-state index is -2.19. The Balaban J connectivity index is 2.04. The first-order valence-electron chi connectivity index (χ1n) is 7.80. The van der Waals surface area contributed by atoms with Gasteiger partial charge >= 0.3 is 136 Å². The fourth-order valence-corrected chi connectivity index (χ4v) is 15.6. The molecule has 2 aromatic carbocycles. The average Bonchev–Trinajstić information content (AvgIpc) is 2.51. The van der Waals surface area contributed by atoms with Gasteiger partial charge in [-0.3, -0.25) is 0 Å². The number of hydrogen-bond donors (Lipinski definition) is 1. The molecule has 2 atom stereocenters. The van der Waals surface area contributed by atoms with Crippen LogP contribution >= 0.6 is 0 Å². The zero-order valence-electron chi connectivity index (χ0n) is 12.6. The molecule has 1 nitrogen and oxygen atoms in total. The van der Waals surface area contributed by atoms with E-state index in [9.17, 15) is 5.11 Å². The van der Waals surface area contributed by atoms with Gasteiger partial charge in [0.1, 0.15) is 0 Å². The number of aliphatic hydroxyl groups is 1. The Morgan fingerprint density at radius 2 is 1.43 bits per heavy atom. The van der Waals surface area contributed by atoms with Crippen LogP contribution in [0.3, 0.4) is 0 Å². The molecule has 2 aromatic rings. The summed E-state index contributed by atoms with van der Waals surface area (Å²) in [4.78, 5) is 0. The van der Waals surface area contributed by atoms with Crippen LogP contribution in [0.2, 0.25) is 3.63 Å². The molecule has 0 spiro atoms. The Hall–Kier alpha value is -0.717. The topological polar surface area (TPSA) is 20.2 Å². The van der Waals surface area contributed by atoms with E-state index < -0.39 is 27.4 Å². The van der Waals surface area contributed by atoms with E-state index >= 15 is 0 Å². The van der Waals surface area contributed by atoms with E-state index in [1.54, 1.807) is 0 Å². The fourth-order valence-electron chi connectivity index (χ4n) is 3.39. The Morgan fingerprint density at radius 1 is 0.905 bits per heavy atom. The van der Waals surface area contributed by atoms with Crippen LogP contribution in [-0.4, -0.2) is 32.5 Å². The van der Waals surface area contributed by atoms with E-state index in [4.69, 9.17) is 0 Å². The van der Waals surface area contributed by atoms with E-state index in [0.717, 1.165) is 6.42 Å². The summed E-state index contributed by atoms with van der Waals surface area (Å²) in [5.41, 5.74) is -0.484. The van der Waals surface area contributed by atoms with Gasteiger partial charge in [-0.2, -0.15) is 0 Å². The van der Waals surface area contributed by atoms with E-state index in [1.165, 1.54) is 25.8 Å². The molecular formula is C19H23BiO. The second kappa shape index (κ2) is 6.59. The Bertz CT molecular complexity index is 525. The van der Waals surface area contributed by atoms with Crippen LogP contribution in [0.25, 0.3) is 0 Å². The molecule has 21 heavy (non-hydrogen) atoms. The molecule has 110 valence electrons. The monoisotopic (exact) mass is 476 g/mol. The van der Waals surface area contributed by atoms with Crippen molar-refractivity contribution in [2.75, 3.05) is 0 Å². The summed E-state index contributed by atoms with van der Waals surface area (Å²) in [5, 5.41) is 11.0. The number of hydrogen-bond acceptors (Lipinski definition) is 1. The number of rotatable bonds is 3. The average molecular weight is 476 g/mol. The van der Waals surface area contributed by atoms with Gasteiger partial charge in [0.15, 0.2) is 0 Å². The molecule has 1 fully saturated rings. The predicted octanol–water partition coefficient (Wildman–Crippen LogP) is 2.99. The van der Waals surface area contributed by atoms with Gasteiger partial charge in [-0.15, -0.1) is 0 Å². The summed E-state index contributed by atoms with van der Waals surface area (Å²) < 4.78 is 3.53. The summed E-state index contributed by atoms with van der Waals surface area (Å²) in [5.74, 6) is 0. The normalized spacial score (nSPS) is 26.0. The first-order valence-corrected chi connectivity index (χ1v) is 13.3. The zero-order valence-corrected chi connectivity index (χ0v) is 16.1. The van der Waals surface area contributed by atoms with Crippen molar-refractivity contribution in [3.8, 4) is 0 Å². The molecule has 0 saturated heterocycles. The van der Waals surface area contributed by atoms with Gasteiger partial charge < -0.3 is 0 Å². The van der Waals surface area contributed by atoms with E-state index in [1.807, 2.05) is 0 Å². The van der Waals surface area contributed by atoms with Gasteiger partial charge in [-0.05, 0) is 0 Å². The van der Waals surface area contributed by atoms with Gasteiger partial charge in [0.2, 0.25) is 0 Å². The molecule has 1 aliphatic rings. The van der Waals surface area contributed by atoms with Crippen LogP contribution < -0.4 is 6.54 Å². The number of benzene rings is 2. The molecule has 3 rings (SSSR count). The summed E-state index contributed by atoms with van der Waals surface area (Å²) in [7, 11) is 0. The summed E-state index contributed by atoms with van der Waals surface area (Å²) >= 11 is -2.19. The molecule has 0 bridgehead atoms. The third-order valence-corrected chi connectivity index (χ3v) is 16.7. The van der Waals surface area contributed by atoms with Crippen molar-refractivity contribution >= 4 is 28.3 Å². The van der Waals surface area contributed by atoms with Crippen LogP contribution in [0, 0.1) is 0 Å². The van der Waals surface area contributed by atoms with Crippen molar-refractivity contribution < 1.29 is 5.11 Å². The first kappa shape index (κ1) is 15.2. The maximum absolute atomic E-state index is 11.0. The Labute approximate surface area is 135 Å². The Kier molecular flexibility index (Phi) is 4.76. The third kappa shape index (κ3) is 3.38. The first-order chi connectivity index (χ1) is 10.2. The molecule has 2 heteroatoms. The van der Waals surface area contributed by atoms with Gasteiger partial charge in [0.05, 0.1) is 0 Å². The van der Waals surface area contributed by atoms with Crippen molar-refractivity contribution in [1.29, 1.82) is 0 Å². The summed E-state index contributed by atoms with van der Waals surface area (Å²) in [6.07, 6.45) is 4.59. The van der Waals surface area contributed by atoms with Crippen molar-refractivity contribution in [3.05, 3.63) is 60.7 Å². The van der Waals surface area contributed by atoms with Crippen molar-refractivity contribution in [2.45, 2.75) is 41.8 Å². The van der Waals surface area contributed by atoms with Gasteiger partial charge in [0.25, 0.3) is 0 Å². The zero-order chi connectivity index (χ0) is 14.7. The molecule has 1 N–H and O–H groups in total. The second-order valence-electron chi connectivity index (χ2n) is 6.16. The fraction of sp³-hybridized carbons (Fsp3) is 0.368. The molecule has 2 unspecified atom stereocenters. The minimum absolute atomic E-state index is 0.484. The molecule has 0 radical (unpaired) electrons. The second-order valence-corrected chi connectivity index (χ2v) is 15.5. The quantitative estimate of drug-likeness (QED) is 0.676. The molecule has 0 aromatic heterocycles. The SMILES string of the molecule is CC1(O)CCCC[CH]1[Bi]([c]1ccccc1)[c]1ccccc1. The van der Waals surface area contributed by atoms with Crippen LogP contribution in [-0.2, 0) is 0 Å². The van der Waals surface area contributed by atoms with E-state index in [-0.39, 0.29) is 0 Å². The van der Waals surface area contributed by atoms with E-state index in [0.29, 0.717) is 3.63 Å². The maximum atomic E-state index is 11.0. The summed E-state index contributed by atoms with van der Waals surface area (Å²) in [6.45, 7) is 2.07. The van der Waals surface area contributed by atoms with Crippen LogP contribution in [0.5, 0.6) is 0 Å². The summed E-state index contributed by atoms with van der Waals surface area (Å²) in [6, 6.07) is 21.9. The molecule has 1 aliphatic carbocycles. The van der Waals surface area contributed by atoms with Gasteiger partial charge in [0, 0.05) is 0 Å². The molecule has 1 saturated carbocycles. The van der Waals surface area contributed by atoms with Crippen molar-refractivity contribution in [3.63, 3.8) is 0 Å². The van der Waals surface area contributed by atoms with Crippen LogP contribution in [0.4, 0.5) is 0 Å². The molecular weight excluding hydrogens is 453 g/mol. The van der Waals surface area contributed by atoms with Crippen LogP contribution in [0.1, 0.15) is 32.6 Å². The Morgan fingerprint density at radius 3 is 1.90 bits per heavy atom. The third-order valence-electron chi connectivity index (χ3n) is 4.51. The van der Waals surface area contributed by atoms with Gasteiger partial charge in [-0.1, -0.05) is 0 Å². The molecule has 0 aliphatic heterocycles. The standard InChI is InChI=1S/C7H13O.2C6H5.Bi/c1-7(8)5-3-2-4-6-7;2*1-2-4-6-5-3-1;/h5,8H,2-4,6H2,1H3;2*1-5H;. The molecule has 0 amide bonds. The van der Waals surface area contributed by atoms with Crippen molar-refractivity contribution in [2.24, 2.45) is 0 Å². The van der Waals surface area contributed by atoms with Crippen LogP contribution in [0.15, 0.2) is 60.7 Å². The molecule has 0 heterocycles. The van der Waals surface area contributed by atoms with E-state index in [2.05, 4.69) is 67.6 Å². The van der Waals surface area contributed by atoms with Crippen molar-refractivity contribution in [1.82, 2.24) is 0 Å².